The summed E-state index contributed by atoms with van der Waals surface area (Å²) < 4.78 is 0. The molecule has 3 N–H and O–H groups in total. The number of benzene rings is 1. The summed E-state index contributed by atoms with van der Waals surface area (Å²) in [5, 5.41) is 9.62. The van der Waals surface area contributed by atoms with Crippen LogP contribution in [0.4, 0.5) is 0 Å². The number of carbonyl (C=O) groups is 1. The normalized spacial score (nSPS) is 15.9. The molecule has 2 rings (SSSR count). The minimum Gasteiger partial charge on any atom is -0.358 e. The molecular formula is C19H32IN5O. The SMILES string of the molecule is CCc1ccccc1CNC(=NC)NC1CCN(CC(=O)NC)CC1.I. The molecule has 1 fully saturated rings. The van der Waals surface area contributed by atoms with Crippen LogP contribution in [0.2, 0.25) is 0 Å². The topological polar surface area (TPSA) is 68.8 Å². The maximum atomic E-state index is 11.5. The molecule has 7 heteroatoms. The first-order valence-corrected chi connectivity index (χ1v) is 9.13. The molecule has 1 aromatic carbocycles. The third-order valence-electron chi connectivity index (χ3n) is 4.74. The second kappa shape index (κ2) is 12.1. The Morgan fingerprint density at radius 1 is 1.23 bits per heavy atom. The lowest BCUT2D eigenvalue weighted by atomic mass is 10.0. The summed E-state index contributed by atoms with van der Waals surface area (Å²) >= 11 is 0. The number of hydrogen-bond acceptors (Lipinski definition) is 3. The summed E-state index contributed by atoms with van der Waals surface area (Å²) in [7, 11) is 3.49. The van der Waals surface area contributed by atoms with E-state index in [0.29, 0.717) is 12.6 Å². The van der Waals surface area contributed by atoms with E-state index in [0.717, 1.165) is 44.9 Å². The van der Waals surface area contributed by atoms with Crippen LogP contribution in [0.1, 0.15) is 30.9 Å². The highest BCUT2D eigenvalue weighted by Crippen LogP contribution is 2.11. The molecule has 6 nitrogen and oxygen atoms in total. The number of likely N-dealkylation sites (tertiary alicyclic amines) is 1. The van der Waals surface area contributed by atoms with E-state index in [1.807, 2.05) is 7.05 Å². The number of piperidine rings is 1. The van der Waals surface area contributed by atoms with Gasteiger partial charge in [0.25, 0.3) is 0 Å². The Hall–Kier alpha value is -1.35. The number of carbonyl (C=O) groups excluding carboxylic acids is 1. The van der Waals surface area contributed by atoms with E-state index in [9.17, 15) is 4.79 Å². The van der Waals surface area contributed by atoms with Crippen LogP contribution in [0.25, 0.3) is 0 Å². The van der Waals surface area contributed by atoms with Crippen LogP contribution in [0.5, 0.6) is 0 Å². The van der Waals surface area contributed by atoms with Crippen LogP contribution in [0.15, 0.2) is 29.3 Å². The molecule has 0 aliphatic carbocycles. The van der Waals surface area contributed by atoms with E-state index in [2.05, 4.69) is 57.0 Å². The number of nitrogens with zero attached hydrogens (tertiary/aromatic N) is 2. The number of halogens is 1. The second-order valence-corrected chi connectivity index (χ2v) is 6.42. The number of nitrogens with one attached hydrogen (secondary N) is 3. The van der Waals surface area contributed by atoms with Crippen LogP contribution in [-0.4, -0.2) is 56.5 Å². The molecular weight excluding hydrogens is 441 g/mol. The summed E-state index contributed by atoms with van der Waals surface area (Å²) in [6.07, 6.45) is 3.07. The van der Waals surface area contributed by atoms with Crippen molar-refractivity contribution >= 4 is 35.8 Å². The van der Waals surface area contributed by atoms with Crippen LogP contribution in [-0.2, 0) is 17.8 Å². The number of rotatable bonds is 6. The molecule has 0 spiro atoms. The van der Waals surface area contributed by atoms with E-state index in [1.165, 1.54) is 11.1 Å². The lowest BCUT2D eigenvalue weighted by molar-refractivity contribution is -0.122. The fraction of sp³-hybridized carbons (Fsp3) is 0.579. The van der Waals surface area contributed by atoms with Gasteiger partial charge in [0.1, 0.15) is 0 Å². The van der Waals surface area contributed by atoms with E-state index < -0.39 is 0 Å². The summed E-state index contributed by atoms with van der Waals surface area (Å²) in [6, 6.07) is 8.90. The monoisotopic (exact) mass is 473 g/mol. The summed E-state index contributed by atoms with van der Waals surface area (Å²) in [6.45, 7) is 5.31. The zero-order valence-electron chi connectivity index (χ0n) is 16.0. The van der Waals surface area contributed by atoms with Crippen LogP contribution in [0.3, 0.4) is 0 Å². The van der Waals surface area contributed by atoms with Gasteiger partial charge in [0.2, 0.25) is 5.91 Å². The molecule has 1 aromatic rings. The molecule has 26 heavy (non-hydrogen) atoms. The summed E-state index contributed by atoms with van der Waals surface area (Å²) in [4.78, 5) is 18.0. The zero-order chi connectivity index (χ0) is 18.1. The van der Waals surface area contributed by atoms with E-state index in [-0.39, 0.29) is 29.9 Å². The van der Waals surface area contributed by atoms with Gasteiger partial charge in [0.05, 0.1) is 6.54 Å². The molecule has 1 amide bonds. The number of aliphatic imine (C=N–C) groups is 1. The lowest BCUT2D eigenvalue weighted by Crippen LogP contribution is -2.49. The fourth-order valence-electron chi connectivity index (χ4n) is 3.16. The molecule has 146 valence electrons. The number of aryl methyl sites for hydroxylation is 1. The highest BCUT2D eigenvalue weighted by Gasteiger charge is 2.21. The maximum absolute atomic E-state index is 11.5. The molecule has 1 heterocycles. The lowest BCUT2D eigenvalue weighted by Gasteiger charge is -2.32. The predicted molar refractivity (Wildman–Crippen MR) is 118 cm³/mol. The van der Waals surface area contributed by atoms with Gasteiger partial charge >= 0.3 is 0 Å². The molecule has 1 aliphatic heterocycles. The summed E-state index contributed by atoms with van der Waals surface area (Å²) in [5.41, 5.74) is 2.68. The average molecular weight is 473 g/mol. The van der Waals surface area contributed by atoms with Crippen molar-refractivity contribution < 1.29 is 4.79 Å². The van der Waals surface area contributed by atoms with Gasteiger partial charge in [0.15, 0.2) is 5.96 Å². The third kappa shape index (κ3) is 7.11. The average Bonchev–Trinajstić information content (AvgIpc) is 2.66. The molecule has 1 aliphatic rings. The van der Waals surface area contributed by atoms with Gasteiger partial charge in [-0.2, -0.15) is 0 Å². The minimum absolute atomic E-state index is 0. The van der Waals surface area contributed by atoms with Crippen molar-refractivity contribution in [1.82, 2.24) is 20.9 Å². The third-order valence-corrected chi connectivity index (χ3v) is 4.74. The first-order chi connectivity index (χ1) is 12.2. The highest BCUT2D eigenvalue weighted by molar-refractivity contribution is 14.0. The fourth-order valence-corrected chi connectivity index (χ4v) is 3.16. The van der Waals surface area contributed by atoms with Gasteiger partial charge in [-0.05, 0) is 30.4 Å². The predicted octanol–water partition coefficient (Wildman–Crippen LogP) is 1.74. The van der Waals surface area contributed by atoms with Gasteiger partial charge in [0, 0.05) is 39.8 Å². The number of amides is 1. The van der Waals surface area contributed by atoms with Crippen molar-refractivity contribution in [3.8, 4) is 0 Å². The Morgan fingerprint density at radius 3 is 2.46 bits per heavy atom. The van der Waals surface area contributed by atoms with Crippen molar-refractivity contribution in [3.05, 3.63) is 35.4 Å². The van der Waals surface area contributed by atoms with E-state index in [1.54, 1.807) is 7.05 Å². The molecule has 0 unspecified atom stereocenters. The summed E-state index contributed by atoms with van der Waals surface area (Å²) in [5.74, 6) is 0.925. The first-order valence-electron chi connectivity index (χ1n) is 9.13. The standard InChI is InChI=1S/C19H31N5O.HI/c1-4-15-7-5-6-8-16(15)13-22-19(21-3)23-17-9-11-24(12-10-17)14-18(25)20-2;/h5-8,17H,4,9-14H2,1-3H3,(H,20,25)(H2,21,22,23);1H. The van der Waals surface area contributed by atoms with E-state index >= 15 is 0 Å². The molecule has 0 bridgehead atoms. The number of likely N-dealkylation sites (N-methyl/N-ethyl adjacent to an activating group) is 1. The number of guanidine groups is 1. The van der Waals surface area contributed by atoms with Crippen molar-refractivity contribution in [2.75, 3.05) is 33.7 Å². The minimum atomic E-state index is 0. The van der Waals surface area contributed by atoms with Crippen LogP contribution in [0, 0.1) is 0 Å². The van der Waals surface area contributed by atoms with Gasteiger partial charge in [-0.15, -0.1) is 24.0 Å². The van der Waals surface area contributed by atoms with Crippen molar-refractivity contribution in [1.29, 1.82) is 0 Å². The molecule has 0 atom stereocenters. The smallest absolute Gasteiger partial charge is 0.233 e. The van der Waals surface area contributed by atoms with Gasteiger partial charge in [-0.1, -0.05) is 31.2 Å². The quantitative estimate of drug-likeness (QED) is 0.335. The Labute approximate surface area is 174 Å². The Kier molecular flexibility index (Phi) is 10.6. The molecule has 0 saturated carbocycles. The highest BCUT2D eigenvalue weighted by atomic mass is 127. The Morgan fingerprint density at radius 2 is 1.88 bits per heavy atom. The molecule has 1 saturated heterocycles. The van der Waals surface area contributed by atoms with Crippen LogP contribution < -0.4 is 16.0 Å². The van der Waals surface area contributed by atoms with Crippen molar-refractivity contribution in [3.63, 3.8) is 0 Å². The zero-order valence-corrected chi connectivity index (χ0v) is 18.4. The second-order valence-electron chi connectivity index (χ2n) is 6.42. The van der Waals surface area contributed by atoms with Crippen molar-refractivity contribution in [2.45, 2.75) is 38.8 Å². The maximum Gasteiger partial charge on any atom is 0.233 e. The van der Waals surface area contributed by atoms with Gasteiger partial charge in [-0.3, -0.25) is 14.7 Å². The molecule has 0 aromatic heterocycles. The Bertz CT molecular complexity index is 585. The molecule has 0 radical (unpaired) electrons. The van der Waals surface area contributed by atoms with Gasteiger partial charge in [-0.25, -0.2) is 0 Å². The van der Waals surface area contributed by atoms with Gasteiger partial charge < -0.3 is 16.0 Å². The van der Waals surface area contributed by atoms with E-state index in [4.69, 9.17) is 0 Å². The largest absolute Gasteiger partial charge is 0.358 e. The number of hydrogen-bond donors (Lipinski definition) is 3. The first kappa shape index (κ1) is 22.7. The Balaban J connectivity index is 0.00000338. The van der Waals surface area contributed by atoms with Crippen LogP contribution >= 0.6 is 24.0 Å². The van der Waals surface area contributed by atoms with Crippen molar-refractivity contribution in [2.24, 2.45) is 4.99 Å².